The molecule has 1 aromatic rings. The van der Waals surface area contributed by atoms with Gasteiger partial charge < -0.3 is 4.74 Å². The fourth-order valence-electron chi connectivity index (χ4n) is 7.62. The number of unbranched alkanes of at least 4 members (excludes halogenated alkanes) is 2. The van der Waals surface area contributed by atoms with Crippen LogP contribution in [0.3, 0.4) is 0 Å². The van der Waals surface area contributed by atoms with Gasteiger partial charge in [-0.3, -0.25) is 0 Å². The maximum Gasteiger partial charge on any atom is 0.200 e. The molecular formula is C31H48F2O. The second kappa shape index (κ2) is 12.7. The molecule has 3 fully saturated rings. The van der Waals surface area contributed by atoms with Crippen LogP contribution in [-0.2, 0) is 0 Å². The Hall–Kier alpha value is -1.12. The summed E-state index contributed by atoms with van der Waals surface area (Å²) in [6.07, 6.45) is 21.7. The Balaban J connectivity index is 1.20. The standard InChI is InChI=1S/C31H48F2O/c1-3-5-6-7-22-8-10-23(11-9-22)12-13-24-14-15-26-21-27(17-16-25(26)20-24)28-18-19-29(34-4-2)31(33)30(28)32/h18-19,22-27H,3-17,20-21H2,1-2H3. The van der Waals surface area contributed by atoms with Gasteiger partial charge in [-0.05, 0) is 86.2 Å². The predicted octanol–water partition coefficient (Wildman–Crippen LogP) is 9.83. The highest BCUT2D eigenvalue weighted by atomic mass is 19.2. The Morgan fingerprint density at radius 3 is 2.09 bits per heavy atom. The summed E-state index contributed by atoms with van der Waals surface area (Å²) < 4.78 is 34.4. The van der Waals surface area contributed by atoms with E-state index < -0.39 is 11.6 Å². The number of hydrogen-bond acceptors (Lipinski definition) is 1. The molecule has 3 heteroatoms. The van der Waals surface area contributed by atoms with Gasteiger partial charge in [0.1, 0.15) is 0 Å². The molecule has 4 unspecified atom stereocenters. The minimum absolute atomic E-state index is 0.0444. The van der Waals surface area contributed by atoms with Crippen molar-refractivity contribution in [3.8, 4) is 5.75 Å². The second-order valence-corrected chi connectivity index (χ2v) is 11.9. The zero-order valence-electron chi connectivity index (χ0n) is 21.8. The van der Waals surface area contributed by atoms with Gasteiger partial charge in [0.05, 0.1) is 6.61 Å². The van der Waals surface area contributed by atoms with E-state index in [1.807, 2.05) is 0 Å². The highest BCUT2D eigenvalue weighted by Crippen LogP contribution is 2.49. The van der Waals surface area contributed by atoms with Crippen molar-refractivity contribution in [2.75, 3.05) is 6.61 Å². The number of rotatable bonds is 10. The first-order valence-corrected chi connectivity index (χ1v) is 14.7. The summed E-state index contributed by atoms with van der Waals surface area (Å²) in [5.74, 6) is 3.12. The molecule has 34 heavy (non-hydrogen) atoms. The molecule has 0 bridgehead atoms. The Kier molecular flexibility index (Phi) is 9.71. The van der Waals surface area contributed by atoms with E-state index in [0.717, 1.165) is 36.5 Å². The predicted molar refractivity (Wildman–Crippen MR) is 137 cm³/mol. The summed E-state index contributed by atoms with van der Waals surface area (Å²) in [6.45, 7) is 4.45. The average Bonchev–Trinajstić information content (AvgIpc) is 2.86. The van der Waals surface area contributed by atoms with Gasteiger partial charge in [0.2, 0.25) is 5.82 Å². The lowest BCUT2D eigenvalue weighted by atomic mass is 9.63. The summed E-state index contributed by atoms with van der Waals surface area (Å²) in [6, 6.07) is 3.40. The molecule has 3 aliphatic rings. The summed E-state index contributed by atoms with van der Waals surface area (Å²) in [7, 11) is 0. The van der Waals surface area contributed by atoms with Gasteiger partial charge in [0.25, 0.3) is 0 Å². The lowest BCUT2D eigenvalue weighted by molar-refractivity contribution is 0.107. The van der Waals surface area contributed by atoms with Crippen molar-refractivity contribution in [2.45, 2.75) is 122 Å². The fraction of sp³-hybridized carbons (Fsp3) is 0.806. The van der Waals surface area contributed by atoms with Crippen molar-refractivity contribution >= 4 is 0 Å². The lowest BCUT2D eigenvalue weighted by Gasteiger charge is -2.43. The minimum Gasteiger partial charge on any atom is -0.491 e. The Morgan fingerprint density at radius 2 is 1.35 bits per heavy atom. The largest absolute Gasteiger partial charge is 0.491 e. The Morgan fingerprint density at radius 1 is 0.706 bits per heavy atom. The maximum atomic E-state index is 14.8. The van der Waals surface area contributed by atoms with Gasteiger partial charge in [-0.2, -0.15) is 4.39 Å². The van der Waals surface area contributed by atoms with Crippen LogP contribution in [0.4, 0.5) is 8.78 Å². The van der Waals surface area contributed by atoms with E-state index in [4.69, 9.17) is 4.74 Å². The third-order valence-corrected chi connectivity index (χ3v) is 9.70. The van der Waals surface area contributed by atoms with Gasteiger partial charge in [-0.1, -0.05) is 83.6 Å². The molecular weight excluding hydrogens is 426 g/mol. The van der Waals surface area contributed by atoms with Crippen molar-refractivity contribution in [3.05, 3.63) is 29.3 Å². The van der Waals surface area contributed by atoms with E-state index in [2.05, 4.69) is 6.92 Å². The maximum absolute atomic E-state index is 14.8. The first kappa shape index (κ1) is 26.0. The minimum atomic E-state index is -0.805. The smallest absolute Gasteiger partial charge is 0.200 e. The summed E-state index contributed by atoms with van der Waals surface area (Å²) >= 11 is 0. The van der Waals surface area contributed by atoms with Crippen LogP contribution in [0, 0.1) is 41.2 Å². The van der Waals surface area contributed by atoms with E-state index in [1.54, 1.807) is 19.1 Å². The van der Waals surface area contributed by atoms with Gasteiger partial charge in [-0.25, -0.2) is 4.39 Å². The van der Waals surface area contributed by atoms with Crippen molar-refractivity contribution in [1.29, 1.82) is 0 Å². The second-order valence-electron chi connectivity index (χ2n) is 11.9. The number of halogens is 2. The summed E-state index contributed by atoms with van der Waals surface area (Å²) in [5.41, 5.74) is 0.576. The Bertz CT molecular complexity index is 754. The molecule has 0 amide bonds. The molecule has 0 aliphatic heterocycles. The number of benzene rings is 1. The van der Waals surface area contributed by atoms with Gasteiger partial charge in [0.15, 0.2) is 11.6 Å². The van der Waals surface area contributed by atoms with Gasteiger partial charge in [-0.15, -0.1) is 0 Å². The van der Waals surface area contributed by atoms with Crippen molar-refractivity contribution in [3.63, 3.8) is 0 Å². The molecule has 1 nitrogen and oxygen atoms in total. The molecule has 192 valence electrons. The molecule has 4 atom stereocenters. The summed E-state index contributed by atoms with van der Waals surface area (Å²) in [4.78, 5) is 0. The zero-order valence-corrected chi connectivity index (χ0v) is 21.8. The quantitative estimate of drug-likeness (QED) is 0.307. The van der Waals surface area contributed by atoms with Crippen LogP contribution in [-0.4, -0.2) is 6.61 Å². The van der Waals surface area contributed by atoms with E-state index in [0.29, 0.717) is 18.1 Å². The summed E-state index contributed by atoms with van der Waals surface area (Å²) in [5, 5.41) is 0. The first-order chi connectivity index (χ1) is 16.6. The molecule has 0 saturated heterocycles. The van der Waals surface area contributed by atoms with Crippen molar-refractivity contribution < 1.29 is 13.5 Å². The SMILES string of the molecule is CCCCCC1CCC(CCC2CCC3CC(c4ccc(OCC)c(F)c4F)CCC3C2)CC1. The molecule has 0 aromatic heterocycles. The number of hydrogen-bond donors (Lipinski definition) is 0. The van der Waals surface area contributed by atoms with Crippen LogP contribution in [0.5, 0.6) is 5.75 Å². The van der Waals surface area contributed by atoms with Gasteiger partial charge >= 0.3 is 0 Å². The van der Waals surface area contributed by atoms with Crippen LogP contribution in [0.25, 0.3) is 0 Å². The van der Waals surface area contributed by atoms with Crippen molar-refractivity contribution in [1.82, 2.24) is 0 Å². The third-order valence-electron chi connectivity index (χ3n) is 9.70. The van der Waals surface area contributed by atoms with Crippen LogP contribution < -0.4 is 4.74 Å². The normalized spacial score (nSPS) is 31.8. The molecule has 3 saturated carbocycles. The highest BCUT2D eigenvalue weighted by Gasteiger charge is 2.37. The van der Waals surface area contributed by atoms with Crippen LogP contribution in [0.15, 0.2) is 12.1 Å². The van der Waals surface area contributed by atoms with E-state index in [-0.39, 0.29) is 11.7 Å². The van der Waals surface area contributed by atoms with E-state index in [1.165, 1.54) is 89.9 Å². The molecule has 3 aliphatic carbocycles. The topological polar surface area (TPSA) is 9.23 Å². The van der Waals surface area contributed by atoms with E-state index in [9.17, 15) is 8.78 Å². The number of fused-ring (bicyclic) bond motifs is 1. The molecule has 4 rings (SSSR count). The molecule has 1 aromatic carbocycles. The van der Waals surface area contributed by atoms with Crippen molar-refractivity contribution in [2.24, 2.45) is 29.6 Å². The molecule has 0 spiro atoms. The highest BCUT2D eigenvalue weighted by molar-refractivity contribution is 5.33. The monoisotopic (exact) mass is 474 g/mol. The van der Waals surface area contributed by atoms with Crippen LogP contribution in [0.1, 0.15) is 128 Å². The first-order valence-electron chi connectivity index (χ1n) is 14.7. The zero-order chi connectivity index (χ0) is 23.9. The van der Waals surface area contributed by atoms with Crippen LogP contribution in [0.2, 0.25) is 0 Å². The fourth-order valence-corrected chi connectivity index (χ4v) is 7.62. The van der Waals surface area contributed by atoms with Gasteiger partial charge in [0, 0.05) is 0 Å². The number of ether oxygens (including phenoxy) is 1. The average molecular weight is 475 g/mol. The Labute approximate surface area is 207 Å². The lowest BCUT2D eigenvalue weighted by Crippen LogP contribution is -2.31. The van der Waals surface area contributed by atoms with E-state index >= 15 is 0 Å². The molecule has 0 heterocycles. The molecule has 0 radical (unpaired) electrons. The third kappa shape index (κ3) is 6.55. The van der Waals surface area contributed by atoms with Crippen LogP contribution >= 0.6 is 0 Å². The molecule has 0 N–H and O–H groups in total.